The fraction of sp³-hybridized carbons (Fsp3) is 0.538. The van der Waals surface area contributed by atoms with Gasteiger partial charge >= 0.3 is 0 Å². The molecule has 1 heterocycles. The maximum Gasteiger partial charge on any atom is 0.252 e. The zero-order valence-corrected chi connectivity index (χ0v) is 10.9. The van der Waals surface area contributed by atoms with E-state index in [-0.39, 0.29) is 12.0 Å². The van der Waals surface area contributed by atoms with Crippen LogP contribution in [0.4, 0.5) is 0 Å². The monoisotopic (exact) mass is 268 g/mol. The number of aliphatic hydroxyl groups is 1. The lowest BCUT2D eigenvalue weighted by Gasteiger charge is -2.25. The molecule has 0 atom stereocenters. The fourth-order valence-electron chi connectivity index (χ4n) is 2.24. The molecule has 1 aliphatic carbocycles. The van der Waals surface area contributed by atoms with Crippen molar-refractivity contribution in [3.8, 4) is 0 Å². The Bertz CT molecular complexity index is 417. The van der Waals surface area contributed by atoms with Gasteiger partial charge in [-0.3, -0.25) is 9.78 Å². The lowest BCUT2D eigenvalue weighted by atomic mass is 9.87. The first-order valence-corrected chi connectivity index (χ1v) is 6.60. The fourth-order valence-corrected chi connectivity index (χ4v) is 2.45. The van der Waals surface area contributed by atoms with E-state index in [2.05, 4.69) is 10.3 Å². The van der Waals surface area contributed by atoms with E-state index in [0.29, 0.717) is 23.0 Å². The Morgan fingerprint density at radius 2 is 2.17 bits per heavy atom. The number of amides is 1. The molecule has 18 heavy (non-hydrogen) atoms. The maximum absolute atomic E-state index is 11.9. The molecule has 5 heteroatoms. The van der Waals surface area contributed by atoms with E-state index in [4.69, 9.17) is 11.6 Å². The van der Waals surface area contributed by atoms with E-state index in [1.165, 1.54) is 6.20 Å². The SMILES string of the molecule is O=C(NCC1CCC(O)CC1)c1ccncc1Cl. The molecule has 1 saturated carbocycles. The van der Waals surface area contributed by atoms with Gasteiger partial charge in [-0.2, -0.15) is 0 Å². The van der Waals surface area contributed by atoms with Crippen LogP contribution < -0.4 is 5.32 Å². The van der Waals surface area contributed by atoms with Gasteiger partial charge in [0.05, 0.1) is 16.7 Å². The van der Waals surface area contributed by atoms with Gasteiger partial charge in [0.15, 0.2) is 0 Å². The first-order chi connectivity index (χ1) is 8.66. The molecule has 0 spiro atoms. The molecule has 2 rings (SSSR count). The number of pyridine rings is 1. The minimum absolute atomic E-state index is 0.159. The van der Waals surface area contributed by atoms with Gasteiger partial charge in [-0.15, -0.1) is 0 Å². The topological polar surface area (TPSA) is 62.2 Å². The van der Waals surface area contributed by atoms with Crippen LogP contribution in [0.1, 0.15) is 36.0 Å². The summed E-state index contributed by atoms with van der Waals surface area (Å²) in [7, 11) is 0. The average Bonchev–Trinajstić information content (AvgIpc) is 2.38. The van der Waals surface area contributed by atoms with Crippen molar-refractivity contribution < 1.29 is 9.90 Å². The summed E-state index contributed by atoms with van der Waals surface area (Å²) in [5.41, 5.74) is 0.461. The van der Waals surface area contributed by atoms with Crippen LogP contribution in [0.25, 0.3) is 0 Å². The molecular weight excluding hydrogens is 252 g/mol. The highest BCUT2D eigenvalue weighted by molar-refractivity contribution is 6.33. The number of halogens is 1. The summed E-state index contributed by atoms with van der Waals surface area (Å²) in [5, 5.41) is 12.7. The van der Waals surface area contributed by atoms with Crippen molar-refractivity contribution in [2.24, 2.45) is 5.92 Å². The Kier molecular flexibility index (Phi) is 4.55. The second-order valence-electron chi connectivity index (χ2n) is 4.74. The molecule has 0 aromatic carbocycles. The smallest absolute Gasteiger partial charge is 0.252 e. The van der Waals surface area contributed by atoms with Crippen LogP contribution in [0.15, 0.2) is 18.5 Å². The zero-order chi connectivity index (χ0) is 13.0. The predicted molar refractivity (Wildman–Crippen MR) is 69.5 cm³/mol. The molecule has 0 bridgehead atoms. The van der Waals surface area contributed by atoms with Crippen molar-refractivity contribution in [2.75, 3.05) is 6.54 Å². The molecule has 1 aromatic rings. The molecule has 98 valence electrons. The minimum Gasteiger partial charge on any atom is -0.393 e. The van der Waals surface area contributed by atoms with Crippen molar-refractivity contribution in [3.63, 3.8) is 0 Å². The van der Waals surface area contributed by atoms with Crippen LogP contribution in [-0.2, 0) is 0 Å². The summed E-state index contributed by atoms with van der Waals surface area (Å²) in [6.45, 7) is 0.643. The number of carbonyl (C=O) groups excluding carboxylic acids is 1. The van der Waals surface area contributed by atoms with Gasteiger partial charge in [-0.1, -0.05) is 11.6 Å². The number of aliphatic hydroxyl groups excluding tert-OH is 1. The Balaban J connectivity index is 1.84. The number of rotatable bonds is 3. The minimum atomic E-state index is -0.161. The molecule has 1 aromatic heterocycles. The number of hydrogen-bond donors (Lipinski definition) is 2. The van der Waals surface area contributed by atoms with Gasteiger partial charge in [0.2, 0.25) is 0 Å². The van der Waals surface area contributed by atoms with Gasteiger partial charge < -0.3 is 10.4 Å². The molecule has 0 unspecified atom stereocenters. The number of aromatic nitrogens is 1. The van der Waals surface area contributed by atoms with Crippen LogP contribution in [0.3, 0.4) is 0 Å². The van der Waals surface area contributed by atoms with Crippen LogP contribution in [0, 0.1) is 5.92 Å². The summed E-state index contributed by atoms with van der Waals surface area (Å²) in [6, 6.07) is 1.61. The van der Waals surface area contributed by atoms with Crippen molar-refractivity contribution in [3.05, 3.63) is 29.0 Å². The molecule has 1 aliphatic rings. The molecule has 0 radical (unpaired) electrons. The summed E-state index contributed by atoms with van der Waals surface area (Å²) < 4.78 is 0. The maximum atomic E-state index is 11.9. The van der Waals surface area contributed by atoms with Gasteiger partial charge in [0.1, 0.15) is 0 Å². The lowest BCUT2D eigenvalue weighted by Crippen LogP contribution is -2.32. The summed E-state index contributed by atoms with van der Waals surface area (Å²) in [6.07, 6.45) is 6.45. The largest absolute Gasteiger partial charge is 0.393 e. The Hall–Kier alpha value is -1.13. The normalized spacial score (nSPS) is 23.7. The molecule has 0 aliphatic heterocycles. The first-order valence-electron chi connectivity index (χ1n) is 6.22. The van der Waals surface area contributed by atoms with E-state index < -0.39 is 0 Å². The zero-order valence-electron chi connectivity index (χ0n) is 10.1. The van der Waals surface area contributed by atoms with Crippen LogP contribution in [0.5, 0.6) is 0 Å². The van der Waals surface area contributed by atoms with Crippen molar-refractivity contribution in [1.82, 2.24) is 10.3 Å². The lowest BCUT2D eigenvalue weighted by molar-refractivity contribution is 0.0910. The van der Waals surface area contributed by atoms with E-state index in [0.717, 1.165) is 25.7 Å². The summed E-state index contributed by atoms with van der Waals surface area (Å²) >= 11 is 5.90. The third kappa shape index (κ3) is 3.43. The van der Waals surface area contributed by atoms with Crippen LogP contribution in [0.2, 0.25) is 5.02 Å². The van der Waals surface area contributed by atoms with Gasteiger partial charge in [0.25, 0.3) is 5.91 Å². The second-order valence-corrected chi connectivity index (χ2v) is 5.15. The quantitative estimate of drug-likeness (QED) is 0.882. The van der Waals surface area contributed by atoms with Crippen molar-refractivity contribution >= 4 is 17.5 Å². The number of nitrogens with zero attached hydrogens (tertiary/aromatic N) is 1. The van der Waals surface area contributed by atoms with Gasteiger partial charge in [-0.05, 0) is 37.7 Å². The highest BCUT2D eigenvalue weighted by atomic mass is 35.5. The third-order valence-corrected chi connectivity index (χ3v) is 3.69. The molecule has 1 amide bonds. The van der Waals surface area contributed by atoms with Crippen LogP contribution in [-0.4, -0.2) is 28.6 Å². The molecular formula is C13H17ClN2O2. The van der Waals surface area contributed by atoms with E-state index in [1.54, 1.807) is 12.3 Å². The molecule has 4 nitrogen and oxygen atoms in total. The Morgan fingerprint density at radius 3 is 2.83 bits per heavy atom. The van der Waals surface area contributed by atoms with Gasteiger partial charge in [-0.25, -0.2) is 0 Å². The standard InChI is InChI=1S/C13H17ClN2O2/c14-12-8-15-6-5-11(12)13(18)16-7-9-1-3-10(17)4-2-9/h5-6,8-10,17H,1-4,7H2,(H,16,18). The highest BCUT2D eigenvalue weighted by Gasteiger charge is 2.20. The third-order valence-electron chi connectivity index (χ3n) is 3.38. The number of carbonyl (C=O) groups is 1. The average molecular weight is 269 g/mol. The van der Waals surface area contributed by atoms with E-state index in [1.807, 2.05) is 0 Å². The Morgan fingerprint density at radius 1 is 1.44 bits per heavy atom. The number of nitrogens with one attached hydrogen (secondary N) is 1. The van der Waals surface area contributed by atoms with E-state index >= 15 is 0 Å². The first kappa shape index (κ1) is 13.3. The predicted octanol–water partition coefficient (Wildman–Crippen LogP) is 2.02. The molecule has 1 fully saturated rings. The second kappa shape index (κ2) is 6.16. The van der Waals surface area contributed by atoms with Gasteiger partial charge in [0, 0.05) is 18.9 Å². The van der Waals surface area contributed by atoms with Crippen LogP contribution >= 0.6 is 11.6 Å². The summed E-state index contributed by atoms with van der Waals surface area (Å²) in [4.78, 5) is 15.7. The summed E-state index contributed by atoms with van der Waals surface area (Å²) in [5.74, 6) is 0.298. The van der Waals surface area contributed by atoms with Crippen molar-refractivity contribution in [2.45, 2.75) is 31.8 Å². The molecule has 2 N–H and O–H groups in total. The van der Waals surface area contributed by atoms with E-state index in [9.17, 15) is 9.90 Å². The van der Waals surface area contributed by atoms with Crippen molar-refractivity contribution in [1.29, 1.82) is 0 Å². The highest BCUT2D eigenvalue weighted by Crippen LogP contribution is 2.23. The Labute approximate surface area is 111 Å². The molecule has 0 saturated heterocycles. The number of hydrogen-bond acceptors (Lipinski definition) is 3.